The van der Waals surface area contributed by atoms with Crippen LogP contribution in [0.15, 0.2) is 67.0 Å². The largest absolute Gasteiger partial charge is 0.868 e. The minimum atomic E-state index is 0.113. The third-order valence-electron chi connectivity index (χ3n) is 3.09. The second-order valence-electron chi connectivity index (χ2n) is 4.33. The number of hydrogen-bond acceptors (Lipinski definition) is 1. The van der Waals surface area contributed by atoms with E-state index in [2.05, 4.69) is 0 Å². The molecule has 0 bridgehead atoms. The Hall–Kier alpha value is -2.35. The topological polar surface area (TPSA) is 27.2 Å². The van der Waals surface area contributed by atoms with Crippen molar-refractivity contribution in [3.05, 3.63) is 78.1 Å². The number of nitrogens with zero attached hydrogens (tertiary/aromatic N) is 1. The normalized spacial score (nSPS) is 10.7. The average Bonchev–Trinajstić information content (AvgIpc) is 2.43. The summed E-state index contributed by atoms with van der Waals surface area (Å²) in [5.41, 5.74) is 2.73. The standard InChI is InChI=1S/C16H13NO/c18-16-14(12-13-6-2-1-3-7-13)9-11-17-10-5-4-8-15(16)17/h1-11H,12H2. The fourth-order valence-electron chi connectivity index (χ4n) is 2.14. The van der Waals surface area contributed by atoms with Crippen molar-refractivity contribution in [2.45, 2.75) is 6.42 Å². The highest BCUT2D eigenvalue weighted by Crippen LogP contribution is 2.20. The zero-order valence-electron chi connectivity index (χ0n) is 9.91. The van der Waals surface area contributed by atoms with Crippen LogP contribution in [0, 0.1) is 0 Å². The molecule has 2 heterocycles. The van der Waals surface area contributed by atoms with Gasteiger partial charge in [0.1, 0.15) is 0 Å². The number of benzene rings is 1. The molecule has 0 amide bonds. The van der Waals surface area contributed by atoms with Gasteiger partial charge in [-0.1, -0.05) is 30.3 Å². The number of pyridine rings is 2. The quantitative estimate of drug-likeness (QED) is 0.625. The van der Waals surface area contributed by atoms with E-state index in [1.165, 1.54) is 0 Å². The molecule has 0 spiro atoms. The molecule has 0 radical (unpaired) electrons. The summed E-state index contributed by atoms with van der Waals surface area (Å²) in [6.07, 6.45) is 4.52. The van der Waals surface area contributed by atoms with Crippen LogP contribution in [0.3, 0.4) is 0 Å². The van der Waals surface area contributed by atoms with Gasteiger partial charge in [-0.3, -0.25) is 0 Å². The van der Waals surface area contributed by atoms with E-state index in [1.807, 2.05) is 71.4 Å². The van der Waals surface area contributed by atoms with Gasteiger partial charge in [-0.15, -0.1) is 0 Å². The third kappa shape index (κ3) is 1.93. The summed E-state index contributed by atoms with van der Waals surface area (Å²) in [7, 11) is 0. The monoisotopic (exact) mass is 235 g/mol. The molecule has 0 aliphatic carbocycles. The Morgan fingerprint density at radius 2 is 1.61 bits per heavy atom. The zero-order valence-corrected chi connectivity index (χ0v) is 9.91. The van der Waals surface area contributed by atoms with Crippen LogP contribution in [-0.4, -0.2) is 0 Å². The van der Waals surface area contributed by atoms with Crippen molar-refractivity contribution in [3.8, 4) is 5.75 Å². The van der Waals surface area contributed by atoms with Crippen LogP contribution >= 0.6 is 0 Å². The maximum atomic E-state index is 12.3. The van der Waals surface area contributed by atoms with E-state index in [9.17, 15) is 5.11 Å². The molecule has 3 rings (SSSR count). The molecule has 0 aliphatic heterocycles. The third-order valence-corrected chi connectivity index (χ3v) is 3.09. The summed E-state index contributed by atoms with van der Waals surface area (Å²) in [6, 6.07) is 17.6. The molecule has 2 nitrogen and oxygen atoms in total. The van der Waals surface area contributed by atoms with Gasteiger partial charge in [-0.05, 0) is 29.4 Å². The molecule has 0 saturated heterocycles. The van der Waals surface area contributed by atoms with Gasteiger partial charge >= 0.3 is 0 Å². The molecule has 2 aromatic heterocycles. The lowest BCUT2D eigenvalue weighted by atomic mass is 10.0. The van der Waals surface area contributed by atoms with Gasteiger partial charge in [-0.25, -0.2) is 0 Å². The smallest absolute Gasteiger partial charge is 0.203 e. The Bertz CT molecular complexity index is 677. The highest BCUT2D eigenvalue weighted by molar-refractivity contribution is 5.56. The van der Waals surface area contributed by atoms with Gasteiger partial charge in [0.2, 0.25) is 5.52 Å². The number of rotatable bonds is 2. The van der Waals surface area contributed by atoms with E-state index in [0.717, 1.165) is 16.6 Å². The van der Waals surface area contributed by atoms with Gasteiger partial charge in [0.15, 0.2) is 12.4 Å². The van der Waals surface area contributed by atoms with Crippen LogP contribution < -0.4 is 9.51 Å². The minimum absolute atomic E-state index is 0.113. The molecular formula is C16H13NO. The van der Waals surface area contributed by atoms with Gasteiger partial charge < -0.3 is 5.11 Å². The van der Waals surface area contributed by atoms with Crippen molar-refractivity contribution in [3.63, 3.8) is 0 Å². The fourth-order valence-corrected chi connectivity index (χ4v) is 2.14. The van der Waals surface area contributed by atoms with Crippen molar-refractivity contribution in [2.75, 3.05) is 0 Å². The van der Waals surface area contributed by atoms with E-state index in [4.69, 9.17) is 0 Å². The summed E-state index contributed by atoms with van der Waals surface area (Å²) in [5.74, 6) is 0.113. The van der Waals surface area contributed by atoms with Crippen molar-refractivity contribution in [1.82, 2.24) is 0 Å². The summed E-state index contributed by atoms with van der Waals surface area (Å²) in [4.78, 5) is 0. The lowest BCUT2D eigenvalue weighted by Gasteiger charge is -2.12. The zero-order chi connectivity index (χ0) is 12.4. The number of fused-ring (bicyclic) bond motifs is 1. The van der Waals surface area contributed by atoms with Gasteiger partial charge in [0.05, 0.1) is 0 Å². The molecule has 0 fully saturated rings. The summed E-state index contributed by atoms with van der Waals surface area (Å²) in [5, 5.41) is 12.3. The van der Waals surface area contributed by atoms with E-state index in [1.54, 1.807) is 0 Å². The highest BCUT2D eigenvalue weighted by atomic mass is 16.3. The maximum Gasteiger partial charge on any atom is 0.203 e. The van der Waals surface area contributed by atoms with Crippen molar-refractivity contribution >= 4 is 5.52 Å². The Kier molecular flexibility index (Phi) is 2.69. The number of hydrogen-bond donors (Lipinski definition) is 0. The van der Waals surface area contributed by atoms with E-state index >= 15 is 0 Å². The molecule has 3 aromatic rings. The van der Waals surface area contributed by atoms with Gasteiger partial charge in [-0.2, -0.15) is 4.40 Å². The summed E-state index contributed by atoms with van der Waals surface area (Å²) >= 11 is 0. The highest BCUT2D eigenvalue weighted by Gasteiger charge is 2.06. The molecule has 0 aliphatic rings. The Labute approximate surface area is 106 Å². The molecular weight excluding hydrogens is 222 g/mol. The first-order valence-corrected chi connectivity index (χ1v) is 5.97. The minimum Gasteiger partial charge on any atom is -0.868 e. The SMILES string of the molecule is [O-]c1c(Cc2ccccc2)cc[n+]2ccccc12. The molecule has 2 heteroatoms. The Balaban J connectivity index is 2.05. The molecule has 0 N–H and O–H groups in total. The Morgan fingerprint density at radius 1 is 0.833 bits per heavy atom. The van der Waals surface area contributed by atoms with Crippen molar-refractivity contribution < 1.29 is 9.51 Å². The van der Waals surface area contributed by atoms with Crippen LogP contribution in [0.25, 0.3) is 5.52 Å². The second kappa shape index (κ2) is 4.49. The lowest BCUT2D eigenvalue weighted by Crippen LogP contribution is -2.22. The van der Waals surface area contributed by atoms with Crippen LogP contribution in [0.5, 0.6) is 5.75 Å². The molecule has 0 unspecified atom stereocenters. The van der Waals surface area contributed by atoms with E-state index in [0.29, 0.717) is 6.42 Å². The molecule has 0 atom stereocenters. The van der Waals surface area contributed by atoms with Crippen LogP contribution in [0.1, 0.15) is 11.1 Å². The maximum absolute atomic E-state index is 12.3. The van der Waals surface area contributed by atoms with Gasteiger partial charge in [0.25, 0.3) is 0 Å². The summed E-state index contributed by atoms with van der Waals surface area (Å²) in [6.45, 7) is 0. The Morgan fingerprint density at radius 3 is 2.44 bits per heavy atom. The summed E-state index contributed by atoms with van der Waals surface area (Å²) < 4.78 is 1.86. The molecule has 88 valence electrons. The average molecular weight is 235 g/mol. The first-order chi connectivity index (χ1) is 8.84. The molecule has 18 heavy (non-hydrogen) atoms. The predicted molar refractivity (Wildman–Crippen MR) is 68.3 cm³/mol. The lowest BCUT2D eigenvalue weighted by molar-refractivity contribution is -0.516. The van der Waals surface area contributed by atoms with Crippen molar-refractivity contribution in [1.29, 1.82) is 0 Å². The first kappa shape index (κ1) is 10.8. The number of aromatic nitrogens is 1. The fraction of sp³-hybridized carbons (Fsp3) is 0.0625. The van der Waals surface area contributed by atoms with Crippen LogP contribution in [0.4, 0.5) is 0 Å². The van der Waals surface area contributed by atoms with Gasteiger partial charge in [0, 0.05) is 18.2 Å². The molecule has 1 aromatic carbocycles. The van der Waals surface area contributed by atoms with E-state index in [-0.39, 0.29) is 5.75 Å². The van der Waals surface area contributed by atoms with Crippen LogP contribution in [-0.2, 0) is 6.42 Å². The molecule has 0 saturated carbocycles. The second-order valence-corrected chi connectivity index (χ2v) is 4.33. The van der Waals surface area contributed by atoms with Crippen LogP contribution in [0.2, 0.25) is 0 Å². The first-order valence-electron chi connectivity index (χ1n) is 5.97. The van der Waals surface area contributed by atoms with Crippen molar-refractivity contribution in [2.24, 2.45) is 0 Å². The predicted octanol–water partition coefficient (Wildman–Crippen LogP) is 2.09. The van der Waals surface area contributed by atoms with E-state index < -0.39 is 0 Å².